The van der Waals surface area contributed by atoms with E-state index in [-0.39, 0.29) is 37.2 Å². The molecule has 1 aliphatic rings. The van der Waals surface area contributed by atoms with E-state index in [1.165, 1.54) is 18.5 Å². The molecule has 1 atom stereocenters. The molecule has 0 fully saturated rings. The Hall–Kier alpha value is 0.501. The van der Waals surface area contributed by atoms with Gasteiger partial charge in [-0.2, -0.15) is 0 Å². The summed E-state index contributed by atoms with van der Waals surface area (Å²) in [5.41, 5.74) is 1.63. The van der Waals surface area contributed by atoms with Gasteiger partial charge in [-0.1, -0.05) is 0 Å². The summed E-state index contributed by atoms with van der Waals surface area (Å²) < 4.78 is 0.298. The number of hydrogen-bond acceptors (Lipinski definition) is 0. The Morgan fingerprint density at radius 2 is 1.50 bits per heavy atom. The van der Waals surface area contributed by atoms with Gasteiger partial charge < -0.3 is 37.2 Å². The third-order valence-corrected chi connectivity index (χ3v) is 13.7. The molecule has 2 rings (SSSR count). The molecule has 0 bridgehead atoms. The molecule has 0 aromatic heterocycles. The van der Waals surface area contributed by atoms with Gasteiger partial charge in [0.2, 0.25) is 0 Å². The minimum Gasteiger partial charge on any atom is -1.00 e. The second kappa shape index (κ2) is 10.4. The van der Waals surface area contributed by atoms with Crippen LogP contribution in [0.3, 0.4) is 0 Å². The Kier molecular flexibility index (Phi) is 11.7. The molecule has 0 saturated carbocycles. The summed E-state index contributed by atoms with van der Waals surface area (Å²) in [4.78, 5) is 0. The molecule has 0 radical (unpaired) electrons. The van der Waals surface area contributed by atoms with Crippen LogP contribution in [0, 0.1) is 0 Å². The van der Waals surface area contributed by atoms with E-state index in [1.807, 2.05) is 0 Å². The van der Waals surface area contributed by atoms with Gasteiger partial charge in [0.25, 0.3) is 0 Å². The minimum absolute atomic E-state index is 0. The summed E-state index contributed by atoms with van der Waals surface area (Å²) in [5, 5.41) is 1.62. The molecule has 22 heavy (non-hydrogen) atoms. The molecule has 0 saturated heterocycles. The van der Waals surface area contributed by atoms with Gasteiger partial charge >= 0.3 is 130 Å². The molecule has 120 valence electrons. The molecule has 0 nitrogen and oxygen atoms in total. The van der Waals surface area contributed by atoms with Gasteiger partial charge in [0, 0.05) is 0 Å². The fourth-order valence-electron chi connectivity index (χ4n) is 3.61. The van der Waals surface area contributed by atoms with Crippen molar-refractivity contribution in [3.8, 4) is 0 Å². The van der Waals surface area contributed by atoms with Crippen LogP contribution in [0.4, 0.5) is 0 Å². The molecular formula is C17H23Cl3SiTi. The van der Waals surface area contributed by atoms with Gasteiger partial charge in [-0.3, -0.25) is 0 Å². The molecule has 0 heterocycles. The van der Waals surface area contributed by atoms with Crippen molar-refractivity contribution in [2.24, 2.45) is 0 Å². The normalized spacial score (nSPS) is 19.6. The van der Waals surface area contributed by atoms with Crippen LogP contribution in [0.5, 0.6) is 0 Å². The summed E-state index contributed by atoms with van der Waals surface area (Å²) in [5.74, 6) is 0. The Labute approximate surface area is 166 Å². The first-order valence-electron chi connectivity index (χ1n) is 7.34. The van der Waals surface area contributed by atoms with Gasteiger partial charge in [0.15, 0.2) is 0 Å². The zero-order valence-electron chi connectivity index (χ0n) is 13.4. The van der Waals surface area contributed by atoms with Crippen LogP contribution in [0.1, 0.15) is 27.2 Å². The molecule has 0 N–H and O–H groups in total. The van der Waals surface area contributed by atoms with Crippen LogP contribution in [0.15, 0.2) is 54.1 Å². The first-order valence-corrected chi connectivity index (χ1v) is 10.5. The summed E-state index contributed by atoms with van der Waals surface area (Å²) >= 11 is 2.48. The third kappa shape index (κ3) is 3.94. The minimum atomic E-state index is -1.55. The Morgan fingerprint density at radius 1 is 0.955 bits per heavy atom. The van der Waals surface area contributed by atoms with Crippen molar-refractivity contribution < 1.29 is 57.7 Å². The fourth-order valence-corrected chi connectivity index (χ4v) is 11.5. The summed E-state index contributed by atoms with van der Waals surface area (Å²) in [6, 6.07) is 13.9. The molecule has 5 heteroatoms. The largest absolute Gasteiger partial charge is 1.00 e. The summed E-state index contributed by atoms with van der Waals surface area (Å²) in [6.45, 7) is 7.09. The molecular weight excluding hydrogens is 386 g/mol. The first kappa shape index (κ1) is 24.7. The Balaban J connectivity index is 0. The second-order valence-corrected chi connectivity index (χ2v) is 12.3. The monoisotopic (exact) mass is 408 g/mol. The summed E-state index contributed by atoms with van der Waals surface area (Å²) in [6.07, 6.45) is 8.30. The van der Waals surface area contributed by atoms with Crippen molar-refractivity contribution in [2.75, 3.05) is 0 Å². The van der Waals surface area contributed by atoms with Crippen LogP contribution in [0.2, 0.25) is 15.4 Å². The van der Waals surface area contributed by atoms with E-state index >= 15 is 0 Å². The molecule has 1 aliphatic carbocycles. The predicted octanol–water partition coefficient (Wildman–Crippen LogP) is -4.45. The van der Waals surface area contributed by atoms with Crippen LogP contribution < -0.4 is 42.4 Å². The van der Waals surface area contributed by atoms with Crippen molar-refractivity contribution in [3.63, 3.8) is 0 Å². The van der Waals surface area contributed by atoms with E-state index in [9.17, 15) is 0 Å². The van der Waals surface area contributed by atoms with Gasteiger partial charge in [0.1, 0.15) is 0 Å². The zero-order chi connectivity index (χ0) is 13.9. The number of hydrogen-bond donors (Lipinski definition) is 0. The maximum absolute atomic E-state index is 2.48. The van der Waals surface area contributed by atoms with Gasteiger partial charge in [0.05, 0.1) is 0 Å². The number of allylic oxidation sites excluding steroid dienone is 4. The van der Waals surface area contributed by atoms with E-state index < -0.39 is 8.07 Å². The van der Waals surface area contributed by atoms with Crippen LogP contribution in [-0.2, 0) is 20.4 Å². The summed E-state index contributed by atoms with van der Waals surface area (Å²) in [7, 11) is -1.55. The average molecular weight is 410 g/mol. The van der Waals surface area contributed by atoms with Crippen molar-refractivity contribution in [1.82, 2.24) is 0 Å². The van der Waals surface area contributed by atoms with Gasteiger partial charge in [-0.05, 0) is 0 Å². The Bertz CT molecular complexity index is 498. The number of halogens is 3. The first-order chi connectivity index (χ1) is 9.14. The van der Waals surface area contributed by atoms with Crippen molar-refractivity contribution in [2.45, 2.75) is 42.6 Å². The smallest absolute Gasteiger partial charge is 1.00 e. The SMILES string of the molecule is CCC1=CC=C[C]1([Ti+3])[Si](CC)(CC)c1ccccc1.[Cl-].[Cl-].[Cl-]. The van der Waals surface area contributed by atoms with E-state index in [1.54, 1.807) is 10.8 Å². The Morgan fingerprint density at radius 3 is 1.95 bits per heavy atom. The molecule has 1 aromatic carbocycles. The van der Waals surface area contributed by atoms with E-state index in [4.69, 9.17) is 0 Å². The van der Waals surface area contributed by atoms with E-state index in [0.717, 1.165) is 0 Å². The quantitative estimate of drug-likeness (QED) is 0.431. The van der Waals surface area contributed by atoms with E-state index in [2.05, 4.69) is 89.8 Å². The van der Waals surface area contributed by atoms with Crippen molar-refractivity contribution in [3.05, 3.63) is 54.1 Å². The zero-order valence-corrected chi connectivity index (χ0v) is 18.2. The molecule has 1 aromatic rings. The fraction of sp³-hybridized carbons (Fsp3) is 0.412. The molecule has 1 unspecified atom stereocenters. The second-order valence-electron chi connectivity index (χ2n) is 5.37. The van der Waals surface area contributed by atoms with Crippen LogP contribution in [0.25, 0.3) is 0 Å². The third-order valence-electron chi connectivity index (χ3n) is 4.82. The predicted molar refractivity (Wildman–Crippen MR) is 83.0 cm³/mol. The standard InChI is InChI=1S/C17H23Si.3ClH.Ti/c1-4-15-11-10-14-17(15)18(5-2,6-3)16-12-8-7-9-13-16;;;;/h7-14H,4-6H2,1-3H3;3*1H;/q;;;;+3/p-3. The van der Waals surface area contributed by atoms with E-state index in [0.29, 0.717) is 3.34 Å². The molecule has 0 aliphatic heterocycles. The van der Waals surface area contributed by atoms with Gasteiger partial charge in [-0.25, -0.2) is 0 Å². The van der Waals surface area contributed by atoms with Crippen LogP contribution in [-0.4, -0.2) is 8.07 Å². The van der Waals surface area contributed by atoms with Crippen LogP contribution >= 0.6 is 0 Å². The topological polar surface area (TPSA) is 0 Å². The molecule has 0 amide bonds. The maximum Gasteiger partial charge on any atom is -1.00 e. The molecule has 0 spiro atoms. The number of rotatable bonds is 5. The van der Waals surface area contributed by atoms with Crippen molar-refractivity contribution >= 4 is 13.3 Å². The van der Waals surface area contributed by atoms with Gasteiger partial charge in [-0.15, -0.1) is 0 Å². The number of benzene rings is 1. The maximum atomic E-state index is 2.48. The average Bonchev–Trinajstić information content (AvgIpc) is 2.84. The van der Waals surface area contributed by atoms with Crippen molar-refractivity contribution in [1.29, 1.82) is 0 Å².